The zero-order valence-electron chi connectivity index (χ0n) is 16.6. The van der Waals surface area contributed by atoms with Crippen molar-refractivity contribution in [1.82, 2.24) is 4.31 Å². The van der Waals surface area contributed by atoms with Gasteiger partial charge in [0.1, 0.15) is 12.4 Å². The standard InChI is InChI=1S/C20H22ClNO6S/c1-5-27-19-9-6-14(13(2)23)10-15(19)12-28-20(24)17-11-16(7-8-18(17)21)29(25,26)22(3)4/h6-11H,5,12H2,1-4H3. The lowest BCUT2D eigenvalue weighted by Crippen LogP contribution is -2.22. The Kier molecular flexibility index (Phi) is 7.40. The van der Waals surface area contributed by atoms with Crippen LogP contribution in [0.4, 0.5) is 0 Å². The lowest BCUT2D eigenvalue weighted by atomic mass is 10.1. The Morgan fingerprint density at radius 3 is 2.38 bits per heavy atom. The molecule has 156 valence electrons. The highest BCUT2D eigenvalue weighted by molar-refractivity contribution is 7.89. The maximum atomic E-state index is 12.6. The summed E-state index contributed by atoms with van der Waals surface area (Å²) >= 11 is 6.07. The van der Waals surface area contributed by atoms with Gasteiger partial charge in [0.05, 0.1) is 22.1 Å². The van der Waals surface area contributed by atoms with Gasteiger partial charge in [0.15, 0.2) is 5.78 Å². The molecule has 0 heterocycles. The second-order valence-electron chi connectivity index (χ2n) is 6.32. The summed E-state index contributed by atoms with van der Waals surface area (Å²) in [5.41, 5.74) is 0.896. The first kappa shape index (κ1) is 22.9. The number of esters is 1. The number of benzene rings is 2. The van der Waals surface area contributed by atoms with E-state index in [-0.39, 0.29) is 27.9 Å². The number of carbonyl (C=O) groups excluding carboxylic acids is 2. The predicted octanol–water partition coefficient (Wildman–Crippen LogP) is 3.55. The summed E-state index contributed by atoms with van der Waals surface area (Å²) in [6.07, 6.45) is 0. The summed E-state index contributed by atoms with van der Waals surface area (Å²) in [5.74, 6) is -0.438. The van der Waals surface area contributed by atoms with Crippen molar-refractivity contribution in [3.63, 3.8) is 0 Å². The van der Waals surface area contributed by atoms with Gasteiger partial charge in [0.25, 0.3) is 0 Å². The largest absolute Gasteiger partial charge is 0.493 e. The van der Waals surface area contributed by atoms with Gasteiger partial charge in [-0.05, 0) is 50.2 Å². The smallest absolute Gasteiger partial charge is 0.340 e. The molecule has 0 saturated carbocycles. The zero-order valence-corrected chi connectivity index (χ0v) is 18.1. The van der Waals surface area contributed by atoms with Crippen LogP contribution in [-0.4, -0.2) is 45.2 Å². The van der Waals surface area contributed by atoms with E-state index in [0.717, 1.165) is 4.31 Å². The monoisotopic (exact) mass is 439 g/mol. The normalized spacial score (nSPS) is 11.4. The van der Waals surface area contributed by atoms with Gasteiger partial charge in [0.2, 0.25) is 10.0 Å². The average Bonchev–Trinajstić information content (AvgIpc) is 2.67. The van der Waals surface area contributed by atoms with E-state index in [1.807, 2.05) is 6.92 Å². The molecule has 0 saturated heterocycles. The van der Waals surface area contributed by atoms with Crippen LogP contribution in [0.25, 0.3) is 0 Å². The van der Waals surface area contributed by atoms with Crippen LogP contribution in [0.1, 0.15) is 40.1 Å². The Labute approximate surface area is 175 Å². The minimum Gasteiger partial charge on any atom is -0.493 e. The van der Waals surface area contributed by atoms with Crippen LogP contribution in [-0.2, 0) is 21.4 Å². The minimum absolute atomic E-state index is 0.0650. The first-order valence-electron chi connectivity index (χ1n) is 8.73. The van der Waals surface area contributed by atoms with Crippen LogP contribution in [0, 0.1) is 0 Å². The molecule has 0 amide bonds. The summed E-state index contributed by atoms with van der Waals surface area (Å²) in [6.45, 7) is 3.47. The molecule has 29 heavy (non-hydrogen) atoms. The molecule has 0 aromatic heterocycles. The van der Waals surface area contributed by atoms with Gasteiger partial charge in [0, 0.05) is 25.2 Å². The SMILES string of the molecule is CCOc1ccc(C(C)=O)cc1COC(=O)c1cc(S(=O)(=O)N(C)C)ccc1Cl. The van der Waals surface area contributed by atoms with Gasteiger partial charge in [-0.15, -0.1) is 0 Å². The predicted molar refractivity (Wildman–Crippen MR) is 109 cm³/mol. The molecule has 0 fully saturated rings. The molecular formula is C20H22ClNO6S. The molecule has 0 aliphatic carbocycles. The molecule has 2 aromatic carbocycles. The van der Waals surface area contributed by atoms with Gasteiger partial charge < -0.3 is 9.47 Å². The topological polar surface area (TPSA) is 90.0 Å². The molecule has 0 spiro atoms. The lowest BCUT2D eigenvalue weighted by molar-refractivity contribution is 0.0469. The van der Waals surface area contributed by atoms with Crippen molar-refractivity contribution < 1.29 is 27.5 Å². The Hall–Kier alpha value is -2.42. The highest BCUT2D eigenvalue weighted by Gasteiger charge is 2.22. The van der Waals surface area contributed by atoms with E-state index < -0.39 is 16.0 Å². The number of nitrogens with zero attached hydrogens (tertiary/aromatic N) is 1. The number of sulfonamides is 1. The summed E-state index contributed by atoms with van der Waals surface area (Å²) in [7, 11) is -0.960. The van der Waals surface area contributed by atoms with Gasteiger partial charge in [-0.1, -0.05) is 11.6 Å². The van der Waals surface area contributed by atoms with Crippen LogP contribution in [0.2, 0.25) is 5.02 Å². The fourth-order valence-electron chi connectivity index (χ4n) is 2.46. The number of ether oxygens (including phenoxy) is 2. The molecule has 7 nitrogen and oxygen atoms in total. The van der Waals surface area contributed by atoms with E-state index in [9.17, 15) is 18.0 Å². The molecule has 0 unspecified atom stereocenters. The molecule has 0 aliphatic rings. The van der Waals surface area contributed by atoms with E-state index in [0.29, 0.717) is 23.5 Å². The summed E-state index contributed by atoms with van der Waals surface area (Å²) < 4.78 is 36.5. The van der Waals surface area contributed by atoms with Crippen molar-refractivity contribution in [2.45, 2.75) is 25.3 Å². The van der Waals surface area contributed by atoms with E-state index >= 15 is 0 Å². The number of ketones is 1. The zero-order chi connectivity index (χ0) is 21.8. The molecule has 9 heteroatoms. The van der Waals surface area contributed by atoms with Crippen molar-refractivity contribution in [3.05, 3.63) is 58.1 Å². The van der Waals surface area contributed by atoms with Gasteiger partial charge in [-0.3, -0.25) is 4.79 Å². The van der Waals surface area contributed by atoms with E-state index in [2.05, 4.69) is 0 Å². The third-order valence-electron chi connectivity index (χ3n) is 4.06. The number of rotatable bonds is 8. The van der Waals surface area contributed by atoms with Crippen molar-refractivity contribution in [3.8, 4) is 5.75 Å². The number of Topliss-reactive ketones (excluding diaryl/α,β-unsaturated/α-hetero) is 1. The minimum atomic E-state index is -3.74. The number of carbonyl (C=O) groups is 2. The van der Waals surface area contributed by atoms with Crippen LogP contribution in [0.3, 0.4) is 0 Å². The molecule has 0 bridgehead atoms. The first-order valence-corrected chi connectivity index (χ1v) is 10.6. The maximum absolute atomic E-state index is 12.6. The lowest BCUT2D eigenvalue weighted by Gasteiger charge is -2.14. The fraction of sp³-hybridized carbons (Fsp3) is 0.300. The van der Waals surface area contributed by atoms with E-state index in [1.54, 1.807) is 18.2 Å². The van der Waals surface area contributed by atoms with Crippen molar-refractivity contribution in [2.24, 2.45) is 0 Å². The average molecular weight is 440 g/mol. The Morgan fingerprint density at radius 2 is 1.79 bits per heavy atom. The molecule has 2 rings (SSSR count). The molecule has 2 aromatic rings. The molecule has 0 atom stereocenters. The Bertz CT molecular complexity index is 1030. The molecule has 0 N–H and O–H groups in total. The number of hydrogen-bond acceptors (Lipinski definition) is 6. The fourth-order valence-corrected chi connectivity index (χ4v) is 3.58. The highest BCUT2D eigenvalue weighted by atomic mass is 35.5. The van der Waals surface area contributed by atoms with Crippen molar-refractivity contribution >= 4 is 33.4 Å². The second-order valence-corrected chi connectivity index (χ2v) is 8.88. The summed E-state index contributed by atoms with van der Waals surface area (Å²) in [5, 5.41) is 0.0650. The summed E-state index contributed by atoms with van der Waals surface area (Å²) in [6, 6.07) is 8.69. The summed E-state index contributed by atoms with van der Waals surface area (Å²) in [4.78, 5) is 24.1. The van der Waals surface area contributed by atoms with Crippen molar-refractivity contribution in [1.29, 1.82) is 0 Å². The van der Waals surface area contributed by atoms with Gasteiger partial charge in [-0.25, -0.2) is 17.5 Å². The van der Waals surface area contributed by atoms with Crippen LogP contribution >= 0.6 is 11.6 Å². The van der Waals surface area contributed by atoms with Crippen LogP contribution in [0.5, 0.6) is 5.75 Å². The van der Waals surface area contributed by atoms with Crippen molar-refractivity contribution in [2.75, 3.05) is 20.7 Å². The van der Waals surface area contributed by atoms with E-state index in [1.165, 1.54) is 39.2 Å². The van der Waals surface area contributed by atoms with E-state index in [4.69, 9.17) is 21.1 Å². The second kappa shape index (κ2) is 9.39. The third-order valence-corrected chi connectivity index (χ3v) is 6.20. The quantitative estimate of drug-likeness (QED) is 0.461. The number of halogens is 1. The molecule has 0 radical (unpaired) electrons. The van der Waals surface area contributed by atoms with Crippen LogP contribution < -0.4 is 4.74 Å². The molecular weight excluding hydrogens is 418 g/mol. The Morgan fingerprint density at radius 1 is 1.10 bits per heavy atom. The number of hydrogen-bond donors (Lipinski definition) is 0. The highest BCUT2D eigenvalue weighted by Crippen LogP contribution is 2.25. The maximum Gasteiger partial charge on any atom is 0.340 e. The van der Waals surface area contributed by atoms with Gasteiger partial charge >= 0.3 is 5.97 Å². The van der Waals surface area contributed by atoms with Crippen LogP contribution in [0.15, 0.2) is 41.3 Å². The third kappa shape index (κ3) is 5.35. The van der Waals surface area contributed by atoms with Gasteiger partial charge in [-0.2, -0.15) is 0 Å². The Balaban J connectivity index is 2.30. The first-order chi connectivity index (χ1) is 13.6. The molecule has 0 aliphatic heterocycles.